The molecule has 104 valence electrons. The highest BCUT2D eigenvalue weighted by Crippen LogP contribution is 2.15. The second-order valence-electron chi connectivity index (χ2n) is 4.35. The van der Waals surface area contributed by atoms with Crippen molar-refractivity contribution in [2.45, 2.75) is 6.04 Å². The molecule has 0 spiro atoms. The quantitative estimate of drug-likeness (QED) is 0.573. The number of aldehydes is 1. The van der Waals surface area contributed by atoms with Crippen molar-refractivity contribution in [1.29, 1.82) is 0 Å². The van der Waals surface area contributed by atoms with Crippen LogP contribution in [0.1, 0.15) is 6.04 Å². The van der Waals surface area contributed by atoms with E-state index < -0.39 is 11.9 Å². The number of pyridine rings is 2. The normalized spacial score (nSPS) is 12.0. The number of anilines is 1. The van der Waals surface area contributed by atoms with Crippen molar-refractivity contribution < 1.29 is 9.59 Å². The zero-order chi connectivity index (χ0) is 14.7. The lowest BCUT2D eigenvalue weighted by molar-refractivity contribution is -0.124. The molecule has 0 aliphatic heterocycles. The van der Waals surface area contributed by atoms with Gasteiger partial charge in [0.05, 0.1) is 18.2 Å². The van der Waals surface area contributed by atoms with Gasteiger partial charge in [-0.15, -0.1) is 0 Å². The molecule has 3 aromatic rings. The first-order valence-electron chi connectivity index (χ1n) is 6.22. The standard InChI is InChI=1S/C14H11N5O2/c20-8-12(19-5-4-15-9-19)14(21)18-11-6-10-2-1-3-16-13(10)17-7-11/h1-9,12H,(H,18,21). The smallest absolute Gasteiger partial charge is 0.254 e. The summed E-state index contributed by atoms with van der Waals surface area (Å²) >= 11 is 0. The van der Waals surface area contributed by atoms with E-state index in [4.69, 9.17) is 0 Å². The van der Waals surface area contributed by atoms with Crippen molar-refractivity contribution in [3.63, 3.8) is 0 Å². The molecule has 1 amide bonds. The number of carbonyl (C=O) groups is 2. The molecule has 3 rings (SSSR count). The molecule has 1 N–H and O–H groups in total. The van der Waals surface area contributed by atoms with Crippen molar-refractivity contribution in [2.24, 2.45) is 0 Å². The molecule has 1 unspecified atom stereocenters. The Morgan fingerprint density at radius 3 is 3.00 bits per heavy atom. The average molecular weight is 281 g/mol. The van der Waals surface area contributed by atoms with Crippen LogP contribution in [0.4, 0.5) is 5.69 Å². The second-order valence-corrected chi connectivity index (χ2v) is 4.35. The Bertz CT molecular complexity index is 785. The third kappa shape index (κ3) is 2.62. The Balaban J connectivity index is 1.83. The number of carbonyl (C=O) groups excluding carboxylic acids is 2. The molecule has 1 atom stereocenters. The molecule has 0 aromatic carbocycles. The van der Waals surface area contributed by atoms with Gasteiger partial charge in [-0.05, 0) is 18.2 Å². The summed E-state index contributed by atoms with van der Waals surface area (Å²) in [4.78, 5) is 35.3. The highest BCUT2D eigenvalue weighted by atomic mass is 16.2. The summed E-state index contributed by atoms with van der Waals surface area (Å²) in [5.74, 6) is -0.451. The number of rotatable bonds is 4. The van der Waals surface area contributed by atoms with Crippen LogP contribution in [0.15, 0.2) is 49.3 Å². The fourth-order valence-electron chi connectivity index (χ4n) is 1.95. The predicted molar refractivity (Wildman–Crippen MR) is 75.5 cm³/mol. The maximum absolute atomic E-state index is 12.1. The van der Waals surface area contributed by atoms with Gasteiger partial charge in [0.25, 0.3) is 5.91 Å². The van der Waals surface area contributed by atoms with Crippen LogP contribution in [0, 0.1) is 0 Å². The van der Waals surface area contributed by atoms with Crippen molar-refractivity contribution >= 4 is 28.9 Å². The minimum atomic E-state index is -0.961. The van der Waals surface area contributed by atoms with Gasteiger partial charge < -0.3 is 14.7 Å². The first-order valence-corrected chi connectivity index (χ1v) is 6.22. The number of nitrogens with one attached hydrogen (secondary N) is 1. The Kier molecular flexibility index (Phi) is 3.38. The first-order chi connectivity index (χ1) is 10.3. The van der Waals surface area contributed by atoms with E-state index in [2.05, 4.69) is 20.3 Å². The maximum Gasteiger partial charge on any atom is 0.254 e. The van der Waals surface area contributed by atoms with Crippen molar-refractivity contribution in [3.05, 3.63) is 49.3 Å². The van der Waals surface area contributed by atoms with Gasteiger partial charge in [0.1, 0.15) is 0 Å². The summed E-state index contributed by atoms with van der Waals surface area (Å²) in [7, 11) is 0. The number of amides is 1. The van der Waals surface area contributed by atoms with E-state index in [9.17, 15) is 9.59 Å². The second kappa shape index (κ2) is 5.49. The van der Waals surface area contributed by atoms with Gasteiger partial charge in [-0.25, -0.2) is 15.0 Å². The van der Waals surface area contributed by atoms with Crippen LogP contribution >= 0.6 is 0 Å². The average Bonchev–Trinajstić information content (AvgIpc) is 3.02. The van der Waals surface area contributed by atoms with Crippen molar-refractivity contribution in [2.75, 3.05) is 5.32 Å². The first kappa shape index (κ1) is 12.9. The van der Waals surface area contributed by atoms with Gasteiger partial charge in [-0.3, -0.25) is 4.79 Å². The van der Waals surface area contributed by atoms with E-state index in [0.717, 1.165) is 5.39 Å². The predicted octanol–water partition coefficient (Wildman–Crippen LogP) is 1.21. The number of hydrogen-bond donors (Lipinski definition) is 1. The van der Waals surface area contributed by atoms with Crippen LogP contribution in [0.5, 0.6) is 0 Å². The van der Waals surface area contributed by atoms with Gasteiger partial charge in [0.15, 0.2) is 18.0 Å². The lowest BCUT2D eigenvalue weighted by Crippen LogP contribution is -2.26. The van der Waals surface area contributed by atoms with Crippen LogP contribution in [-0.2, 0) is 9.59 Å². The van der Waals surface area contributed by atoms with Crippen LogP contribution in [0.3, 0.4) is 0 Å². The van der Waals surface area contributed by atoms with Gasteiger partial charge in [-0.2, -0.15) is 0 Å². The summed E-state index contributed by atoms with van der Waals surface area (Å²) in [5.41, 5.74) is 1.10. The molecule has 0 radical (unpaired) electrons. The molecular formula is C14H11N5O2. The Morgan fingerprint density at radius 2 is 2.24 bits per heavy atom. The van der Waals surface area contributed by atoms with Gasteiger partial charge in [-0.1, -0.05) is 0 Å². The van der Waals surface area contributed by atoms with Gasteiger partial charge >= 0.3 is 0 Å². The van der Waals surface area contributed by atoms with Gasteiger partial charge in [0, 0.05) is 24.0 Å². The Hall–Kier alpha value is -3.09. The zero-order valence-electron chi connectivity index (χ0n) is 10.9. The third-order valence-corrected chi connectivity index (χ3v) is 2.96. The minimum Gasteiger partial charge on any atom is -0.322 e. The van der Waals surface area contributed by atoms with E-state index >= 15 is 0 Å². The van der Waals surface area contributed by atoms with E-state index in [1.807, 2.05) is 6.07 Å². The molecule has 0 saturated heterocycles. The highest BCUT2D eigenvalue weighted by Gasteiger charge is 2.19. The van der Waals surface area contributed by atoms with Crippen LogP contribution < -0.4 is 5.32 Å². The Labute approximate surface area is 119 Å². The molecule has 7 heteroatoms. The number of hydrogen-bond acceptors (Lipinski definition) is 5. The van der Waals surface area contributed by atoms with Gasteiger partial charge in [0.2, 0.25) is 0 Å². The van der Waals surface area contributed by atoms with Crippen LogP contribution in [0.2, 0.25) is 0 Å². The molecule has 7 nitrogen and oxygen atoms in total. The summed E-state index contributed by atoms with van der Waals surface area (Å²) in [6.07, 6.45) is 8.19. The van der Waals surface area contributed by atoms with Crippen molar-refractivity contribution in [3.8, 4) is 0 Å². The SMILES string of the molecule is O=CC(C(=O)Nc1cnc2ncccc2c1)n1ccnc1. The minimum absolute atomic E-state index is 0.451. The number of nitrogens with zero attached hydrogens (tertiary/aromatic N) is 4. The van der Waals surface area contributed by atoms with Crippen molar-refractivity contribution in [1.82, 2.24) is 19.5 Å². The highest BCUT2D eigenvalue weighted by molar-refractivity contribution is 6.03. The van der Waals surface area contributed by atoms with E-state index in [1.165, 1.54) is 23.3 Å². The molecule has 3 heterocycles. The van der Waals surface area contributed by atoms with Crippen LogP contribution in [0.25, 0.3) is 11.0 Å². The summed E-state index contributed by atoms with van der Waals surface area (Å²) in [5, 5.41) is 3.47. The molecule has 21 heavy (non-hydrogen) atoms. The monoisotopic (exact) mass is 281 g/mol. The number of fused-ring (bicyclic) bond motifs is 1. The number of imidazole rings is 1. The molecule has 0 bridgehead atoms. The van der Waals surface area contributed by atoms with E-state index in [1.54, 1.807) is 24.5 Å². The summed E-state index contributed by atoms with van der Waals surface area (Å²) < 4.78 is 1.43. The zero-order valence-corrected chi connectivity index (χ0v) is 10.9. The Morgan fingerprint density at radius 1 is 1.33 bits per heavy atom. The topological polar surface area (TPSA) is 89.8 Å². The molecule has 3 aromatic heterocycles. The summed E-state index contributed by atoms with van der Waals surface area (Å²) in [6, 6.07) is 4.42. The molecule has 0 aliphatic carbocycles. The third-order valence-electron chi connectivity index (χ3n) is 2.96. The number of aromatic nitrogens is 4. The van der Waals surface area contributed by atoms with Crippen LogP contribution in [-0.4, -0.2) is 31.7 Å². The largest absolute Gasteiger partial charge is 0.322 e. The lowest BCUT2D eigenvalue weighted by atomic mass is 10.2. The molecular weight excluding hydrogens is 270 g/mol. The molecule has 0 saturated carbocycles. The fraction of sp³-hybridized carbons (Fsp3) is 0.0714. The van der Waals surface area contributed by atoms with E-state index in [0.29, 0.717) is 17.6 Å². The maximum atomic E-state index is 12.1. The summed E-state index contributed by atoms with van der Waals surface area (Å²) in [6.45, 7) is 0. The molecule has 0 aliphatic rings. The van der Waals surface area contributed by atoms with E-state index in [-0.39, 0.29) is 0 Å². The lowest BCUT2D eigenvalue weighted by Gasteiger charge is -2.12. The molecule has 0 fully saturated rings. The fourth-order valence-corrected chi connectivity index (χ4v) is 1.95.